The van der Waals surface area contributed by atoms with Crippen molar-refractivity contribution >= 4 is 40.0 Å². The van der Waals surface area contributed by atoms with Gasteiger partial charge >= 0.3 is 0 Å². The second-order valence-electron chi connectivity index (χ2n) is 6.73. The number of aryl methyl sites for hydroxylation is 1. The lowest BCUT2D eigenvalue weighted by Gasteiger charge is -2.13. The molecule has 0 amide bonds. The molecule has 0 saturated heterocycles. The highest BCUT2D eigenvalue weighted by Crippen LogP contribution is 2.29. The van der Waals surface area contributed by atoms with Crippen molar-refractivity contribution in [2.75, 3.05) is 17.7 Å². The first-order valence-electron chi connectivity index (χ1n) is 9.29. The van der Waals surface area contributed by atoms with E-state index in [0.717, 1.165) is 22.4 Å². The fraction of sp³-hybridized carbons (Fsp3) is 0.130. The summed E-state index contributed by atoms with van der Waals surface area (Å²) in [7, 11) is 1.59. The molecule has 3 aromatic carbocycles. The van der Waals surface area contributed by atoms with Crippen LogP contribution in [0.25, 0.3) is 10.9 Å². The minimum atomic E-state index is 0.497. The fourth-order valence-electron chi connectivity index (χ4n) is 3.03. The van der Waals surface area contributed by atoms with E-state index in [0.29, 0.717) is 23.3 Å². The summed E-state index contributed by atoms with van der Waals surface area (Å²) < 4.78 is 5.21. The number of aromatic nitrogens is 2. The average Bonchev–Trinajstić information content (AvgIpc) is 2.73. The molecule has 6 heteroatoms. The minimum Gasteiger partial charge on any atom is -0.495 e. The summed E-state index contributed by atoms with van der Waals surface area (Å²) in [5.41, 5.74) is 4.08. The van der Waals surface area contributed by atoms with E-state index < -0.39 is 0 Å². The van der Waals surface area contributed by atoms with Crippen LogP contribution in [0.3, 0.4) is 0 Å². The third-order valence-corrected chi connectivity index (χ3v) is 4.89. The monoisotopic (exact) mass is 404 g/mol. The van der Waals surface area contributed by atoms with E-state index in [2.05, 4.69) is 46.8 Å². The fourth-order valence-corrected chi connectivity index (χ4v) is 3.29. The van der Waals surface area contributed by atoms with Gasteiger partial charge in [-0.05, 0) is 42.8 Å². The number of hydrogen-bond acceptors (Lipinski definition) is 5. The Bertz CT molecular complexity index is 1150. The highest BCUT2D eigenvalue weighted by molar-refractivity contribution is 6.32. The Morgan fingerprint density at radius 3 is 2.52 bits per heavy atom. The summed E-state index contributed by atoms with van der Waals surface area (Å²) in [4.78, 5) is 9.33. The molecule has 0 saturated carbocycles. The molecule has 0 atom stereocenters. The Morgan fingerprint density at radius 1 is 0.966 bits per heavy atom. The summed E-state index contributed by atoms with van der Waals surface area (Å²) in [5.74, 6) is 1.90. The maximum atomic E-state index is 6.23. The number of ether oxygens (including phenoxy) is 1. The highest BCUT2D eigenvalue weighted by atomic mass is 35.5. The second kappa shape index (κ2) is 8.37. The molecule has 0 aliphatic heterocycles. The molecule has 0 bridgehead atoms. The van der Waals surface area contributed by atoms with Crippen molar-refractivity contribution in [2.24, 2.45) is 0 Å². The minimum absolute atomic E-state index is 0.497. The Morgan fingerprint density at radius 2 is 1.76 bits per heavy atom. The SMILES string of the molecule is COc1ccc(Nc2nc(NCc3ccc(C)cc3)c3ccccc3n2)cc1Cl. The van der Waals surface area contributed by atoms with E-state index in [-0.39, 0.29) is 0 Å². The maximum Gasteiger partial charge on any atom is 0.229 e. The number of para-hydroxylation sites is 1. The van der Waals surface area contributed by atoms with Crippen molar-refractivity contribution < 1.29 is 4.74 Å². The zero-order valence-electron chi connectivity index (χ0n) is 16.2. The van der Waals surface area contributed by atoms with Crippen LogP contribution in [-0.4, -0.2) is 17.1 Å². The molecule has 0 radical (unpaired) electrons. The number of hydrogen-bond donors (Lipinski definition) is 2. The zero-order valence-corrected chi connectivity index (χ0v) is 17.0. The topological polar surface area (TPSA) is 59.1 Å². The Hall–Kier alpha value is -3.31. The summed E-state index contributed by atoms with van der Waals surface area (Å²) in [6.07, 6.45) is 0. The number of nitrogens with zero attached hydrogens (tertiary/aromatic N) is 2. The van der Waals surface area contributed by atoms with E-state index in [1.807, 2.05) is 36.4 Å². The maximum absolute atomic E-state index is 6.23. The van der Waals surface area contributed by atoms with E-state index in [1.54, 1.807) is 13.2 Å². The molecule has 146 valence electrons. The van der Waals surface area contributed by atoms with Gasteiger partial charge < -0.3 is 15.4 Å². The van der Waals surface area contributed by atoms with E-state index in [1.165, 1.54) is 11.1 Å². The van der Waals surface area contributed by atoms with Crippen LogP contribution in [0.5, 0.6) is 5.75 Å². The molecule has 0 unspecified atom stereocenters. The summed E-state index contributed by atoms with van der Waals surface area (Å²) in [6.45, 7) is 2.76. The van der Waals surface area contributed by atoms with Gasteiger partial charge in [0.2, 0.25) is 5.95 Å². The molecule has 4 aromatic rings. The van der Waals surface area contributed by atoms with Crippen LogP contribution >= 0.6 is 11.6 Å². The van der Waals surface area contributed by atoms with Crippen LogP contribution in [0.4, 0.5) is 17.5 Å². The van der Waals surface area contributed by atoms with Gasteiger partial charge in [-0.2, -0.15) is 4.98 Å². The molecule has 1 aromatic heterocycles. The van der Waals surface area contributed by atoms with Crippen molar-refractivity contribution in [3.8, 4) is 5.75 Å². The van der Waals surface area contributed by atoms with E-state index in [9.17, 15) is 0 Å². The Labute approximate surface area is 174 Å². The lowest BCUT2D eigenvalue weighted by atomic mass is 10.1. The number of fused-ring (bicyclic) bond motifs is 1. The van der Waals surface area contributed by atoms with Gasteiger partial charge in [-0.15, -0.1) is 0 Å². The standard InChI is InChI=1S/C23H21ClN4O/c1-15-7-9-16(10-8-15)14-25-22-18-5-3-4-6-20(18)27-23(28-22)26-17-11-12-21(29-2)19(24)13-17/h3-13H,14H2,1-2H3,(H2,25,26,27,28). The van der Waals surface area contributed by atoms with Gasteiger partial charge in [0.15, 0.2) is 0 Å². The van der Waals surface area contributed by atoms with Crippen LogP contribution in [0.15, 0.2) is 66.7 Å². The summed E-state index contributed by atoms with van der Waals surface area (Å²) in [5, 5.41) is 8.17. The molecule has 1 heterocycles. The third-order valence-electron chi connectivity index (χ3n) is 4.59. The smallest absolute Gasteiger partial charge is 0.229 e. The molecule has 29 heavy (non-hydrogen) atoms. The molecule has 0 fully saturated rings. The number of benzene rings is 3. The molecule has 5 nitrogen and oxygen atoms in total. The first-order valence-corrected chi connectivity index (χ1v) is 9.67. The van der Waals surface area contributed by atoms with Gasteiger partial charge in [-0.25, -0.2) is 4.98 Å². The number of methoxy groups -OCH3 is 1. The quantitative estimate of drug-likeness (QED) is 0.415. The second-order valence-corrected chi connectivity index (χ2v) is 7.13. The predicted octanol–water partition coefficient (Wildman–Crippen LogP) is 5.96. The first kappa shape index (κ1) is 19.0. The zero-order chi connectivity index (χ0) is 20.2. The molecule has 4 rings (SSSR count). The largest absolute Gasteiger partial charge is 0.495 e. The van der Waals surface area contributed by atoms with Gasteiger partial charge in [0.05, 0.1) is 17.6 Å². The number of nitrogens with one attached hydrogen (secondary N) is 2. The van der Waals surface area contributed by atoms with E-state index >= 15 is 0 Å². The molecular formula is C23H21ClN4O. The third kappa shape index (κ3) is 4.41. The lowest BCUT2D eigenvalue weighted by Crippen LogP contribution is -2.06. The highest BCUT2D eigenvalue weighted by Gasteiger charge is 2.09. The first-order chi connectivity index (χ1) is 14.1. The van der Waals surface area contributed by atoms with Crippen LogP contribution < -0.4 is 15.4 Å². The summed E-state index contributed by atoms with van der Waals surface area (Å²) >= 11 is 6.23. The molecule has 0 spiro atoms. The van der Waals surface area contributed by atoms with Crippen molar-refractivity contribution in [3.63, 3.8) is 0 Å². The van der Waals surface area contributed by atoms with Crippen molar-refractivity contribution in [2.45, 2.75) is 13.5 Å². The van der Waals surface area contributed by atoms with Gasteiger partial charge in [0.1, 0.15) is 11.6 Å². The Balaban J connectivity index is 1.63. The van der Waals surface area contributed by atoms with Crippen LogP contribution in [0.2, 0.25) is 5.02 Å². The van der Waals surface area contributed by atoms with Crippen molar-refractivity contribution in [1.29, 1.82) is 0 Å². The number of rotatable bonds is 6. The molecule has 0 aliphatic rings. The van der Waals surface area contributed by atoms with Crippen molar-refractivity contribution in [3.05, 3.63) is 82.9 Å². The van der Waals surface area contributed by atoms with Crippen LogP contribution in [0.1, 0.15) is 11.1 Å². The van der Waals surface area contributed by atoms with Crippen LogP contribution in [0, 0.1) is 6.92 Å². The van der Waals surface area contributed by atoms with Gasteiger partial charge in [-0.1, -0.05) is 53.6 Å². The van der Waals surface area contributed by atoms with Gasteiger partial charge in [-0.3, -0.25) is 0 Å². The number of anilines is 3. The predicted molar refractivity (Wildman–Crippen MR) is 119 cm³/mol. The molecular weight excluding hydrogens is 384 g/mol. The molecule has 2 N–H and O–H groups in total. The number of halogens is 1. The van der Waals surface area contributed by atoms with Gasteiger partial charge in [0, 0.05) is 17.6 Å². The normalized spacial score (nSPS) is 10.7. The van der Waals surface area contributed by atoms with E-state index in [4.69, 9.17) is 21.3 Å². The van der Waals surface area contributed by atoms with Crippen molar-refractivity contribution in [1.82, 2.24) is 9.97 Å². The molecule has 0 aliphatic carbocycles. The average molecular weight is 405 g/mol. The van der Waals surface area contributed by atoms with Gasteiger partial charge in [0.25, 0.3) is 0 Å². The lowest BCUT2D eigenvalue weighted by molar-refractivity contribution is 0.415. The summed E-state index contributed by atoms with van der Waals surface area (Å²) in [6, 6.07) is 21.9. The van der Waals surface area contributed by atoms with Crippen LogP contribution in [-0.2, 0) is 6.54 Å². The Kier molecular flexibility index (Phi) is 5.49.